The fraction of sp³-hybridized carbons (Fsp3) is 0.500. The number of carboxylic acid groups (broad SMARTS) is 1. The van der Waals surface area contributed by atoms with Crippen LogP contribution in [0.3, 0.4) is 0 Å². The van der Waals surface area contributed by atoms with E-state index in [9.17, 15) is 9.18 Å². The smallest absolute Gasteiger partial charge is 0.317 e. The molecule has 6 heteroatoms. The van der Waals surface area contributed by atoms with Crippen molar-refractivity contribution in [1.29, 1.82) is 0 Å². The minimum absolute atomic E-state index is 0.121. The molecule has 1 aromatic heterocycles. The molecule has 0 radical (unpaired) electrons. The second kappa shape index (κ2) is 6.83. The summed E-state index contributed by atoms with van der Waals surface area (Å²) in [5.41, 5.74) is 2.58. The maximum Gasteiger partial charge on any atom is 0.317 e. The molecule has 2 fully saturated rings. The van der Waals surface area contributed by atoms with Gasteiger partial charge in [-0.2, -0.15) is 0 Å². The number of anilines is 1. The molecule has 1 heterocycles. The number of hydrogen-bond acceptors (Lipinski definition) is 4. The lowest BCUT2D eigenvalue weighted by atomic mass is 9.85. The molecule has 2 aromatic rings. The molecule has 0 unspecified atom stereocenters. The van der Waals surface area contributed by atoms with Gasteiger partial charge in [-0.3, -0.25) is 14.7 Å². The van der Waals surface area contributed by atoms with E-state index >= 15 is 0 Å². The molecule has 2 aliphatic carbocycles. The summed E-state index contributed by atoms with van der Waals surface area (Å²) in [4.78, 5) is 17.7. The highest BCUT2D eigenvalue weighted by Crippen LogP contribution is 2.35. The molecule has 2 aliphatic rings. The van der Waals surface area contributed by atoms with E-state index in [2.05, 4.69) is 15.2 Å². The number of hydrogen-bond donors (Lipinski definition) is 2. The largest absolute Gasteiger partial charge is 0.480 e. The van der Waals surface area contributed by atoms with Crippen LogP contribution in [0.25, 0.3) is 10.9 Å². The van der Waals surface area contributed by atoms with Crippen molar-refractivity contribution < 1.29 is 14.3 Å². The van der Waals surface area contributed by atoms with Gasteiger partial charge < -0.3 is 10.4 Å². The van der Waals surface area contributed by atoms with Gasteiger partial charge in [0.1, 0.15) is 5.82 Å². The second-order valence-electron chi connectivity index (χ2n) is 7.71. The lowest BCUT2D eigenvalue weighted by Crippen LogP contribution is -2.52. The number of rotatable bonds is 7. The molecular weight excluding hydrogens is 333 g/mol. The van der Waals surface area contributed by atoms with Crippen LogP contribution >= 0.6 is 0 Å². The molecule has 26 heavy (non-hydrogen) atoms. The van der Waals surface area contributed by atoms with Crippen molar-refractivity contribution in [3.05, 3.63) is 35.8 Å². The maximum absolute atomic E-state index is 13.6. The number of benzene rings is 1. The van der Waals surface area contributed by atoms with E-state index in [1.807, 2.05) is 13.0 Å². The van der Waals surface area contributed by atoms with Gasteiger partial charge >= 0.3 is 5.97 Å². The third kappa shape index (κ3) is 3.80. The van der Waals surface area contributed by atoms with Crippen LogP contribution in [-0.4, -0.2) is 46.1 Å². The van der Waals surface area contributed by atoms with Crippen LogP contribution in [0.1, 0.15) is 31.4 Å². The van der Waals surface area contributed by atoms with Crippen LogP contribution in [0, 0.1) is 18.7 Å². The molecule has 0 saturated heterocycles. The zero-order chi connectivity index (χ0) is 18.3. The molecule has 2 N–H and O–H groups in total. The predicted molar refractivity (Wildman–Crippen MR) is 98.8 cm³/mol. The molecular formula is C20H24FN3O2. The number of nitrogens with zero attached hydrogens (tertiary/aromatic N) is 2. The summed E-state index contributed by atoms with van der Waals surface area (Å²) in [5.74, 6) is -0.348. The number of carboxylic acids is 1. The van der Waals surface area contributed by atoms with Gasteiger partial charge in [0.15, 0.2) is 0 Å². The minimum Gasteiger partial charge on any atom is -0.480 e. The van der Waals surface area contributed by atoms with Crippen molar-refractivity contribution in [2.45, 2.75) is 44.7 Å². The molecule has 138 valence electrons. The normalized spacial score (nSPS) is 22.4. The molecule has 0 aliphatic heterocycles. The van der Waals surface area contributed by atoms with Crippen molar-refractivity contribution in [1.82, 2.24) is 9.88 Å². The van der Waals surface area contributed by atoms with Gasteiger partial charge in [0.05, 0.1) is 12.1 Å². The third-order valence-corrected chi connectivity index (χ3v) is 5.42. The molecule has 5 nitrogen and oxygen atoms in total. The number of halogens is 1. The van der Waals surface area contributed by atoms with Crippen molar-refractivity contribution in [2.24, 2.45) is 5.92 Å². The van der Waals surface area contributed by atoms with Crippen molar-refractivity contribution in [3.8, 4) is 0 Å². The van der Waals surface area contributed by atoms with Crippen LogP contribution in [-0.2, 0) is 4.79 Å². The summed E-state index contributed by atoms with van der Waals surface area (Å²) >= 11 is 0. The minimum atomic E-state index is -0.756. The number of pyridine rings is 1. The highest BCUT2D eigenvalue weighted by molar-refractivity contribution is 5.91. The van der Waals surface area contributed by atoms with Crippen molar-refractivity contribution in [2.75, 3.05) is 18.4 Å². The van der Waals surface area contributed by atoms with Crippen molar-refractivity contribution >= 4 is 22.6 Å². The predicted octanol–water partition coefficient (Wildman–Crippen LogP) is 3.42. The molecule has 0 spiro atoms. The Morgan fingerprint density at radius 3 is 2.81 bits per heavy atom. The van der Waals surface area contributed by atoms with Gasteiger partial charge in [0.2, 0.25) is 0 Å². The van der Waals surface area contributed by atoms with Crippen LogP contribution < -0.4 is 5.32 Å². The summed E-state index contributed by atoms with van der Waals surface area (Å²) in [5, 5.41) is 13.5. The summed E-state index contributed by atoms with van der Waals surface area (Å²) < 4.78 is 13.6. The standard InChI is InChI=1S/C20H24FN3O2/c1-12-6-19(17-7-14(21)4-5-18(17)22-12)23-15-8-16(9-15)24(11-20(25)26)10-13-2-3-13/h4-7,13,15-16H,2-3,8-11H2,1H3,(H,22,23)(H,25,26). The highest BCUT2D eigenvalue weighted by Gasteiger charge is 2.37. The van der Waals surface area contributed by atoms with E-state index in [-0.39, 0.29) is 18.4 Å². The number of aromatic nitrogens is 1. The summed E-state index contributed by atoms with van der Waals surface area (Å²) in [6.45, 7) is 2.95. The lowest BCUT2D eigenvalue weighted by Gasteiger charge is -2.43. The van der Waals surface area contributed by atoms with Crippen LogP contribution in [0.5, 0.6) is 0 Å². The molecule has 0 bridgehead atoms. The van der Waals surface area contributed by atoms with Gasteiger partial charge in [0.25, 0.3) is 0 Å². The van der Waals surface area contributed by atoms with Gasteiger partial charge in [-0.05, 0) is 62.8 Å². The quantitative estimate of drug-likeness (QED) is 0.795. The lowest BCUT2D eigenvalue weighted by molar-refractivity contribution is -0.139. The molecule has 2 saturated carbocycles. The van der Waals surface area contributed by atoms with E-state index < -0.39 is 5.97 Å². The Bertz CT molecular complexity index is 831. The van der Waals surface area contributed by atoms with Gasteiger partial charge in [-0.1, -0.05) is 0 Å². The Balaban J connectivity index is 1.44. The first kappa shape index (κ1) is 17.2. The molecule has 0 amide bonds. The average molecular weight is 357 g/mol. The number of aliphatic carboxylic acids is 1. The summed E-state index contributed by atoms with van der Waals surface area (Å²) in [6, 6.07) is 7.20. The summed E-state index contributed by atoms with van der Waals surface area (Å²) in [7, 11) is 0. The maximum atomic E-state index is 13.6. The van der Waals surface area contributed by atoms with Gasteiger partial charge in [-0.15, -0.1) is 0 Å². The highest BCUT2D eigenvalue weighted by atomic mass is 19.1. The molecule has 1 aromatic carbocycles. The fourth-order valence-electron chi connectivity index (χ4n) is 3.82. The van der Waals surface area contributed by atoms with Gasteiger partial charge in [0, 0.05) is 35.4 Å². The van der Waals surface area contributed by atoms with Crippen molar-refractivity contribution in [3.63, 3.8) is 0 Å². The monoisotopic (exact) mass is 357 g/mol. The molecule has 4 rings (SSSR count). The van der Waals surface area contributed by atoms with E-state index in [0.717, 1.165) is 41.7 Å². The first-order chi connectivity index (χ1) is 12.5. The summed E-state index contributed by atoms with van der Waals surface area (Å²) in [6.07, 6.45) is 4.27. The SMILES string of the molecule is Cc1cc(NC2CC(N(CC(=O)O)CC3CC3)C2)c2cc(F)ccc2n1. The Kier molecular flexibility index (Phi) is 4.53. The number of carbonyl (C=O) groups is 1. The zero-order valence-electron chi connectivity index (χ0n) is 14.9. The van der Waals surface area contributed by atoms with E-state index in [4.69, 9.17) is 5.11 Å². The first-order valence-corrected chi connectivity index (χ1v) is 9.27. The average Bonchev–Trinajstić information content (AvgIpc) is 3.33. The van der Waals surface area contributed by atoms with Crippen LogP contribution in [0.2, 0.25) is 0 Å². The number of aryl methyl sites for hydroxylation is 1. The van der Waals surface area contributed by atoms with E-state index in [1.54, 1.807) is 6.07 Å². The first-order valence-electron chi connectivity index (χ1n) is 9.27. The Labute approximate surface area is 152 Å². The van der Waals surface area contributed by atoms with E-state index in [0.29, 0.717) is 12.0 Å². The number of fused-ring (bicyclic) bond motifs is 1. The third-order valence-electron chi connectivity index (χ3n) is 5.42. The Morgan fingerprint density at radius 1 is 1.35 bits per heavy atom. The molecule has 0 atom stereocenters. The Hall–Kier alpha value is -2.21. The van der Waals surface area contributed by atoms with Crippen LogP contribution in [0.4, 0.5) is 10.1 Å². The fourth-order valence-corrected chi connectivity index (χ4v) is 3.82. The topological polar surface area (TPSA) is 65.5 Å². The Morgan fingerprint density at radius 2 is 2.12 bits per heavy atom. The van der Waals surface area contributed by atoms with Crippen LogP contribution in [0.15, 0.2) is 24.3 Å². The van der Waals surface area contributed by atoms with E-state index in [1.165, 1.54) is 25.0 Å². The van der Waals surface area contributed by atoms with Gasteiger partial charge in [-0.25, -0.2) is 4.39 Å². The number of nitrogens with one attached hydrogen (secondary N) is 1. The zero-order valence-corrected chi connectivity index (χ0v) is 14.9. The second-order valence-corrected chi connectivity index (χ2v) is 7.71.